The maximum atomic E-state index is 13.2. The summed E-state index contributed by atoms with van der Waals surface area (Å²) in [6.45, 7) is 2.27. The van der Waals surface area contributed by atoms with Crippen molar-refractivity contribution in [2.75, 3.05) is 5.88 Å². The Labute approximate surface area is 119 Å². The van der Waals surface area contributed by atoms with Crippen molar-refractivity contribution in [3.8, 4) is 17.6 Å². The van der Waals surface area contributed by atoms with Crippen LogP contribution >= 0.6 is 11.6 Å². The first kappa shape index (κ1) is 14.2. The predicted molar refractivity (Wildman–Crippen MR) is 76.0 cm³/mol. The van der Waals surface area contributed by atoms with Gasteiger partial charge in [-0.05, 0) is 49.8 Å². The Balaban J connectivity index is 2.10. The van der Waals surface area contributed by atoms with Gasteiger partial charge in [0.05, 0.1) is 17.5 Å². The van der Waals surface area contributed by atoms with Crippen LogP contribution in [0, 0.1) is 23.6 Å². The van der Waals surface area contributed by atoms with Crippen molar-refractivity contribution in [2.45, 2.75) is 38.7 Å². The largest absolute Gasteiger partial charge is 0.489 e. The van der Waals surface area contributed by atoms with Crippen molar-refractivity contribution >= 4 is 11.6 Å². The second kappa shape index (κ2) is 6.82. The van der Waals surface area contributed by atoms with Crippen LogP contribution < -0.4 is 4.74 Å². The molecule has 3 heteroatoms. The van der Waals surface area contributed by atoms with E-state index in [0.717, 1.165) is 18.8 Å². The summed E-state index contributed by atoms with van der Waals surface area (Å²) in [4.78, 5) is 0. The van der Waals surface area contributed by atoms with Gasteiger partial charge < -0.3 is 4.74 Å². The van der Waals surface area contributed by atoms with Crippen LogP contribution in [0.1, 0.15) is 38.2 Å². The molecule has 0 heterocycles. The Kier molecular flexibility index (Phi) is 5.10. The molecule has 0 aromatic heterocycles. The highest BCUT2D eigenvalue weighted by atomic mass is 35.5. The van der Waals surface area contributed by atoms with Crippen LogP contribution in [0.3, 0.4) is 0 Å². The second-order valence-corrected chi connectivity index (χ2v) is 5.34. The van der Waals surface area contributed by atoms with E-state index in [-0.39, 0.29) is 17.8 Å². The van der Waals surface area contributed by atoms with Gasteiger partial charge in [0, 0.05) is 0 Å². The lowest BCUT2D eigenvalue weighted by Gasteiger charge is -2.27. The van der Waals surface area contributed by atoms with Gasteiger partial charge in [-0.3, -0.25) is 0 Å². The van der Waals surface area contributed by atoms with E-state index < -0.39 is 0 Å². The fraction of sp³-hybridized carbons (Fsp3) is 0.500. The molecule has 0 atom stereocenters. The number of ether oxygens (including phenoxy) is 1. The normalized spacial score (nSPS) is 22.5. The highest BCUT2D eigenvalue weighted by Crippen LogP contribution is 2.28. The van der Waals surface area contributed by atoms with Gasteiger partial charge in [-0.1, -0.05) is 18.8 Å². The van der Waals surface area contributed by atoms with Crippen LogP contribution in [0.25, 0.3) is 0 Å². The van der Waals surface area contributed by atoms with E-state index in [1.165, 1.54) is 25.0 Å². The molecule has 1 fully saturated rings. The number of hydrogen-bond acceptors (Lipinski definition) is 1. The average Bonchev–Trinajstić information content (AvgIpc) is 2.41. The van der Waals surface area contributed by atoms with Crippen molar-refractivity contribution in [3.05, 3.63) is 29.6 Å². The van der Waals surface area contributed by atoms with E-state index in [0.29, 0.717) is 11.3 Å². The van der Waals surface area contributed by atoms with Crippen LogP contribution in [-0.4, -0.2) is 12.0 Å². The van der Waals surface area contributed by atoms with Crippen LogP contribution in [0.2, 0.25) is 0 Å². The molecule has 0 amide bonds. The topological polar surface area (TPSA) is 9.23 Å². The minimum Gasteiger partial charge on any atom is -0.489 e. The van der Waals surface area contributed by atoms with Crippen LogP contribution in [0.15, 0.2) is 18.2 Å². The SMILES string of the molecule is CC1CCC(Oc2ccc(F)cc2C#CCCl)CC1. The maximum absolute atomic E-state index is 13.2. The lowest BCUT2D eigenvalue weighted by molar-refractivity contribution is 0.135. The second-order valence-electron chi connectivity index (χ2n) is 5.08. The molecule has 0 spiro atoms. The van der Waals surface area contributed by atoms with E-state index in [1.54, 1.807) is 6.07 Å². The predicted octanol–water partition coefficient (Wildman–Crippen LogP) is 4.37. The van der Waals surface area contributed by atoms with Crippen molar-refractivity contribution < 1.29 is 9.13 Å². The summed E-state index contributed by atoms with van der Waals surface area (Å²) in [6.07, 6.45) is 4.71. The van der Waals surface area contributed by atoms with E-state index >= 15 is 0 Å². The molecule has 102 valence electrons. The molecule has 1 saturated carbocycles. The minimum atomic E-state index is -0.302. The zero-order valence-electron chi connectivity index (χ0n) is 11.1. The molecule has 1 aromatic carbocycles. The lowest BCUT2D eigenvalue weighted by atomic mass is 9.89. The molecule has 0 radical (unpaired) electrons. The minimum absolute atomic E-state index is 0.221. The first-order valence-corrected chi connectivity index (χ1v) is 7.23. The Morgan fingerprint density at radius 1 is 1.32 bits per heavy atom. The summed E-state index contributed by atoms with van der Waals surface area (Å²) < 4.78 is 19.2. The van der Waals surface area contributed by atoms with Crippen LogP contribution in [-0.2, 0) is 0 Å². The summed E-state index contributed by atoms with van der Waals surface area (Å²) >= 11 is 5.54. The molecule has 0 unspecified atom stereocenters. The van der Waals surface area contributed by atoms with Gasteiger partial charge in [-0.25, -0.2) is 4.39 Å². The van der Waals surface area contributed by atoms with Gasteiger partial charge in [0.1, 0.15) is 11.6 Å². The molecular formula is C16H18ClFO. The maximum Gasteiger partial charge on any atom is 0.135 e. The molecule has 2 rings (SSSR count). The van der Waals surface area contributed by atoms with Crippen molar-refractivity contribution in [1.82, 2.24) is 0 Å². The Morgan fingerprint density at radius 2 is 2.05 bits per heavy atom. The Hall–Kier alpha value is -1.20. The fourth-order valence-corrected chi connectivity index (χ4v) is 2.43. The smallest absolute Gasteiger partial charge is 0.135 e. The molecule has 0 saturated heterocycles. The zero-order chi connectivity index (χ0) is 13.7. The summed E-state index contributed by atoms with van der Waals surface area (Å²) in [5, 5.41) is 0. The van der Waals surface area contributed by atoms with Crippen LogP contribution in [0.4, 0.5) is 4.39 Å². The molecule has 19 heavy (non-hydrogen) atoms. The zero-order valence-corrected chi connectivity index (χ0v) is 11.8. The third-order valence-electron chi connectivity index (χ3n) is 3.49. The molecule has 1 aliphatic rings. The van der Waals surface area contributed by atoms with Crippen molar-refractivity contribution in [2.24, 2.45) is 5.92 Å². The van der Waals surface area contributed by atoms with Gasteiger partial charge in [-0.15, -0.1) is 11.6 Å². The van der Waals surface area contributed by atoms with Gasteiger partial charge in [0.15, 0.2) is 0 Å². The monoisotopic (exact) mass is 280 g/mol. The van der Waals surface area contributed by atoms with Gasteiger partial charge >= 0.3 is 0 Å². The summed E-state index contributed by atoms with van der Waals surface area (Å²) in [7, 11) is 0. The molecule has 0 N–H and O–H groups in total. The number of alkyl halides is 1. The third-order valence-corrected chi connectivity index (χ3v) is 3.62. The average molecular weight is 281 g/mol. The first-order chi connectivity index (χ1) is 9.19. The van der Waals surface area contributed by atoms with Gasteiger partial charge in [-0.2, -0.15) is 0 Å². The third kappa shape index (κ3) is 4.14. The number of rotatable bonds is 2. The van der Waals surface area contributed by atoms with Gasteiger partial charge in [0.25, 0.3) is 0 Å². The quantitative estimate of drug-likeness (QED) is 0.577. The van der Waals surface area contributed by atoms with E-state index in [4.69, 9.17) is 16.3 Å². The summed E-state index contributed by atoms with van der Waals surface area (Å²) in [5.41, 5.74) is 0.583. The molecule has 1 nitrogen and oxygen atoms in total. The molecule has 0 bridgehead atoms. The highest BCUT2D eigenvalue weighted by Gasteiger charge is 2.20. The number of hydrogen-bond donors (Lipinski definition) is 0. The highest BCUT2D eigenvalue weighted by molar-refractivity contribution is 6.19. The Bertz CT molecular complexity index is 481. The van der Waals surface area contributed by atoms with E-state index in [9.17, 15) is 4.39 Å². The van der Waals surface area contributed by atoms with E-state index in [2.05, 4.69) is 18.8 Å². The van der Waals surface area contributed by atoms with Crippen molar-refractivity contribution in [1.29, 1.82) is 0 Å². The standard InChI is InChI=1S/C16H18ClFO/c1-12-4-7-15(8-5-12)19-16-9-6-14(18)11-13(16)3-2-10-17/h6,9,11-12,15H,4-5,7-8,10H2,1H3. The number of benzene rings is 1. The van der Waals surface area contributed by atoms with Gasteiger partial charge in [0.2, 0.25) is 0 Å². The number of halogens is 2. The summed E-state index contributed by atoms with van der Waals surface area (Å²) in [6, 6.07) is 4.47. The van der Waals surface area contributed by atoms with Crippen molar-refractivity contribution in [3.63, 3.8) is 0 Å². The van der Waals surface area contributed by atoms with E-state index in [1.807, 2.05) is 0 Å². The lowest BCUT2D eigenvalue weighted by Crippen LogP contribution is -2.23. The van der Waals surface area contributed by atoms with Crippen LogP contribution in [0.5, 0.6) is 5.75 Å². The molecule has 1 aliphatic carbocycles. The first-order valence-electron chi connectivity index (χ1n) is 6.70. The molecular weight excluding hydrogens is 263 g/mol. The fourth-order valence-electron chi connectivity index (χ4n) is 2.36. The summed E-state index contributed by atoms with van der Waals surface area (Å²) in [5.74, 6) is 6.98. The Morgan fingerprint density at radius 3 is 2.74 bits per heavy atom. The molecule has 0 aliphatic heterocycles. The molecule has 1 aromatic rings.